The Kier molecular flexibility index (Phi) is 4.89. The molecule has 2 aromatic carbocycles. The molecule has 110 valence electrons. The fraction of sp³-hybridized carbons (Fsp3) is 0. The smallest absolute Gasteiger partial charge is 0.336 e. The van der Waals surface area contributed by atoms with Gasteiger partial charge >= 0.3 is 5.97 Å². The lowest BCUT2D eigenvalue weighted by atomic mass is 10.2. The van der Waals surface area contributed by atoms with E-state index in [0.29, 0.717) is 4.47 Å². The van der Waals surface area contributed by atoms with Crippen LogP contribution < -0.4 is 4.72 Å². The molecule has 0 aliphatic carbocycles. The number of carboxylic acid groups (broad SMARTS) is 1. The molecule has 21 heavy (non-hydrogen) atoms. The normalized spacial score (nSPS) is 11.1. The van der Waals surface area contributed by atoms with Crippen molar-refractivity contribution >= 4 is 60.2 Å². The standard InChI is InChI=1S/C13H9BrINO4S/c14-12-6-3-9(7-11(12)13(17)18)16-21(19,20)10-4-1-8(15)2-5-10/h1-7,16H,(H,17,18). The number of benzene rings is 2. The lowest BCUT2D eigenvalue weighted by molar-refractivity contribution is 0.0696. The summed E-state index contributed by atoms with van der Waals surface area (Å²) in [6, 6.07) is 10.6. The Balaban J connectivity index is 2.35. The molecule has 2 N–H and O–H groups in total. The van der Waals surface area contributed by atoms with Gasteiger partial charge in [0.05, 0.1) is 10.5 Å². The minimum absolute atomic E-state index is 0.0159. The SMILES string of the molecule is O=C(O)c1cc(NS(=O)(=O)c2ccc(I)cc2)ccc1Br. The number of hydrogen-bond acceptors (Lipinski definition) is 3. The Morgan fingerprint density at radius 1 is 1.14 bits per heavy atom. The van der Waals surface area contributed by atoms with Crippen molar-refractivity contribution in [2.75, 3.05) is 4.72 Å². The minimum atomic E-state index is -3.75. The van der Waals surface area contributed by atoms with Crippen LogP contribution in [0.4, 0.5) is 5.69 Å². The third kappa shape index (κ3) is 3.95. The summed E-state index contributed by atoms with van der Waals surface area (Å²) in [6.45, 7) is 0. The van der Waals surface area contributed by atoms with E-state index >= 15 is 0 Å². The largest absolute Gasteiger partial charge is 0.478 e. The Hall–Kier alpha value is -1.13. The van der Waals surface area contributed by atoms with Gasteiger partial charge in [-0.15, -0.1) is 0 Å². The predicted octanol–water partition coefficient (Wildman–Crippen LogP) is 3.55. The highest BCUT2D eigenvalue weighted by Gasteiger charge is 2.16. The van der Waals surface area contributed by atoms with Crippen molar-refractivity contribution in [3.8, 4) is 0 Å². The van der Waals surface area contributed by atoms with Crippen molar-refractivity contribution in [1.82, 2.24) is 0 Å². The molecule has 8 heteroatoms. The minimum Gasteiger partial charge on any atom is -0.478 e. The number of nitrogens with one attached hydrogen (secondary N) is 1. The summed E-state index contributed by atoms with van der Waals surface area (Å²) in [4.78, 5) is 11.2. The van der Waals surface area contributed by atoms with Crippen LogP contribution in [0.2, 0.25) is 0 Å². The molecule has 2 rings (SSSR count). The van der Waals surface area contributed by atoms with Gasteiger partial charge in [-0.05, 0) is 81.0 Å². The van der Waals surface area contributed by atoms with Crippen LogP contribution in [-0.4, -0.2) is 19.5 Å². The quantitative estimate of drug-likeness (QED) is 0.654. The Bertz CT molecular complexity index is 790. The van der Waals surface area contributed by atoms with Gasteiger partial charge < -0.3 is 5.11 Å². The summed E-state index contributed by atoms with van der Waals surface area (Å²) < 4.78 is 28.1. The van der Waals surface area contributed by atoms with E-state index < -0.39 is 16.0 Å². The number of carboxylic acids is 1. The Morgan fingerprint density at radius 2 is 1.76 bits per heavy atom. The molecule has 0 heterocycles. The second-order valence-electron chi connectivity index (χ2n) is 4.06. The first-order valence-corrected chi connectivity index (χ1v) is 8.96. The highest BCUT2D eigenvalue weighted by molar-refractivity contribution is 14.1. The van der Waals surface area contributed by atoms with E-state index in [1.165, 1.54) is 30.3 Å². The molecule has 0 aliphatic heterocycles. The molecule has 0 saturated heterocycles. The molecule has 0 amide bonds. The van der Waals surface area contributed by atoms with E-state index in [9.17, 15) is 13.2 Å². The van der Waals surface area contributed by atoms with Crippen LogP contribution in [0.15, 0.2) is 51.8 Å². The maximum absolute atomic E-state index is 12.2. The molecule has 0 spiro atoms. The number of anilines is 1. The molecule has 0 saturated carbocycles. The maximum atomic E-state index is 12.2. The number of rotatable bonds is 4. The summed E-state index contributed by atoms with van der Waals surface area (Å²) in [5.41, 5.74) is 0.173. The van der Waals surface area contributed by atoms with Gasteiger partial charge in [0.25, 0.3) is 10.0 Å². The molecule has 0 atom stereocenters. The van der Waals surface area contributed by atoms with Gasteiger partial charge in [-0.1, -0.05) is 0 Å². The van der Waals surface area contributed by atoms with E-state index in [0.717, 1.165) is 3.57 Å². The lowest BCUT2D eigenvalue weighted by Gasteiger charge is -2.09. The van der Waals surface area contributed by atoms with Crippen molar-refractivity contribution in [2.24, 2.45) is 0 Å². The molecule has 2 aromatic rings. The molecule has 0 radical (unpaired) electrons. The topological polar surface area (TPSA) is 83.5 Å². The van der Waals surface area contributed by atoms with E-state index in [2.05, 4.69) is 43.2 Å². The fourth-order valence-electron chi connectivity index (χ4n) is 1.58. The van der Waals surface area contributed by atoms with Crippen LogP contribution in [0.5, 0.6) is 0 Å². The zero-order valence-corrected chi connectivity index (χ0v) is 14.9. The van der Waals surface area contributed by atoms with Gasteiger partial charge in [0, 0.05) is 13.7 Å². The van der Waals surface area contributed by atoms with Crippen LogP contribution in [0.3, 0.4) is 0 Å². The summed E-state index contributed by atoms with van der Waals surface area (Å²) >= 11 is 5.18. The van der Waals surface area contributed by atoms with Crippen LogP contribution in [-0.2, 0) is 10.0 Å². The van der Waals surface area contributed by atoms with Gasteiger partial charge in [-0.25, -0.2) is 13.2 Å². The Labute approximate surface area is 143 Å². The van der Waals surface area contributed by atoms with Gasteiger partial charge in [0.2, 0.25) is 0 Å². The zero-order chi connectivity index (χ0) is 15.6. The second kappa shape index (κ2) is 6.32. The van der Waals surface area contributed by atoms with Crippen LogP contribution in [0.25, 0.3) is 0 Å². The van der Waals surface area contributed by atoms with Crippen molar-refractivity contribution in [1.29, 1.82) is 0 Å². The molecule has 0 aliphatic rings. The molecule has 5 nitrogen and oxygen atoms in total. The van der Waals surface area contributed by atoms with E-state index in [1.54, 1.807) is 12.1 Å². The average Bonchev–Trinajstić information content (AvgIpc) is 2.41. The van der Waals surface area contributed by atoms with E-state index in [-0.39, 0.29) is 16.1 Å². The van der Waals surface area contributed by atoms with Crippen LogP contribution >= 0.6 is 38.5 Å². The van der Waals surface area contributed by atoms with Gasteiger partial charge in [-0.2, -0.15) is 0 Å². The van der Waals surface area contributed by atoms with Gasteiger partial charge in [0.1, 0.15) is 0 Å². The Morgan fingerprint density at radius 3 is 2.33 bits per heavy atom. The van der Waals surface area contributed by atoms with Gasteiger partial charge in [0.15, 0.2) is 0 Å². The highest BCUT2D eigenvalue weighted by Crippen LogP contribution is 2.23. The number of halogens is 2. The van der Waals surface area contributed by atoms with Crippen molar-refractivity contribution in [3.63, 3.8) is 0 Å². The first-order chi connectivity index (χ1) is 9.79. The number of aromatic carboxylic acids is 1. The molecule has 0 unspecified atom stereocenters. The molecular weight excluding hydrogens is 473 g/mol. The molecule has 0 fully saturated rings. The van der Waals surface area contributed by atoms with Crippen molar-refractivity contribution in [2.45, 2.75) is 4.90 Å². The third-order valence-electron chi connectivity index (χ3n) is 2.57. The maximum Gasteiger partial charge on any atom is 0.336 e. The van der Waals surface area contributed by atoms with Crippen molar-refractivity contribution in [3.05, 3.63) is 56.1 Å². The van der Waals surface area contributed by atoms with Crippen LogP contribution in [0.1, 0.15) is 10.4 Å². The molecule has 0 aromatic heterocycles. The molecule has 0 bridgehead atoms. The fourth-order valence-corrected chi connectivity index (χ4v) is 3.41. The average molecular weight is 482 g/mol. The summed E-state index contributed by atoms with van der Waals surface area (Å²) in [6.07, 6.45) is 0. The van der Waals surface area contributed by atoms with Gasteiger partial charge in [-0.3, -0.25) is 4.72 Å². The second-order valence-corrected chi connectivity index (χ2v) is 7.84. The van der Waals surface area contributed by atoms with Crippen LogP contribution in [0, 0.1) is 3.57 Å². The number of hydrogen-bond donors (Lipinski definition) is 2. The molecular formula is C13H9BrINO4S. The first kappa shape index (κ1) is 16.2. The van der Waals surface area contributed by atoms with E-state index in [4.69, 9.17) is 5.11 Å². The van der Waals surface area contributed by atoms with E-state index in [1.807, 2.05) is 0 Å². The monoisotopic (exact) mass is 481 g/mol. The zero-order valence-electron chi connectivity index (χ0n) is 10.4. The number of carbonyl (C=O) groups is 1. The summed E-state index contributed by atoms with van der Waals surface area (Å²) in [5.74, 6) is -1.14. The summed E-state index contributed by atoms with van der Waals surface area (Å²) in [5, 5.41) is 9.03. The lowest BCUT2D eigenvalue weighted by Crippen LogP contribution is -2.13. The highest BCUT2D eigenvalue weighted by atomic mass is 127. The summed E-state index contributed by atoms with van der Waals surface area (Å²) in [7, 11) is -3.75. The van der Waals surface area contributed by atoms with Crippen molar-refractivity contribution < 1.29 is 18.3 Å². The predicted molar refractivity (Wildman–Crippen MR) is 91.1 cm³/mol. The first-order valence-electron chi connectivity index (χ1n) is 5.61. The third-order valence-corrected chi connectivity index (χ3v) is 5.38. The number of sulfonamides is 1.